The summed E-state index contributed by atoms with van der Waals surface area (Å²) < 4.78 is 8.06. The number of anilines is 1. The highest BCUT2D eigenvalue weighted by Crippen LogP contribution is 2.28. The lowest BCUT2D eigenvalue weighted by Gasteiger charge is -2.08. The minimum atomic E-state index is -0.0557. The van der Waals surface area contributed by atoms with E-state index in [2.05, 4.69) is 20.5 Å². The van der Waals surface area contributed by atoms with E-state index in [4.69, 9.17) is 4.74 Å². The molecule has 136 valence electrons. The van der Waals surface area contributed by atoms with Crippen LogP contribution in [0.5, 0.6) is 0 Å². The Labute approximate surface area is 158 Å². The zero-order valence-corrected chi connectivity index (χ0v) is 16.0. The highest BCUT2D eigenvalue weighted by molar-refractivity contribution is 8.00. The molecule has 26 heavy (non-hydrogen) atoms. The molecule has 0 saturated carbocycles. The number of aryl methyl sites for hydroxylation is 1. The number of hydrogen-bond acceptors (Lipinski definition) is 8. The standard InChI is InChI=1S/C17H19N5O2S2/c1-11-4-2-6-14-19-12(8-15(23)22(11)14)10-25-17-21-20-16(26-17)18-9-13-5-3-7-24-13/h2,4,6,8,13H,3,5,7,9-10H2,1H3,(H,18,20)/t13-/m0/s1. The first kappa shape index (κ1) is 17.4. The smallest absolute Gasteiger partial charge is 0.258 e. The van der Waals surface area contributed by atoms with Gasteiger partial charge in [-0.2, -0.15) is 0 Å². The van der Waals surface area contributed by atoms with Crippen LogP contribution >= 0.6 is 23.1 Å². The molecular weight excluding hydrogens is 370 g/mol. The monoisotopic (exact) mass is 389 g/mol. The van der Waals surface area contributed by atoms with Crippen LogP contribution in [0.2, 0.25) is 0 Å². The second-order valence-electron chi connectivity index (χ2n) is 6.12. The quantitative estimate of drug-likeness (QED) is 0.649. The van der Waals surface area contributed by atoms with Crippen LogP contribution in [0.1, 0.15) is 24.2 Å². The van der Waals surface area contributed by atoms with E-state index in [-0.39, 0.29) is 11.7 Å². The van der Waals surface area contributed by atoms with Crippen molar-refractivity contribution in [2.24, 2.45) is 0 Å². The molecule has 9 heteroatoms. The molecule has 1 fully saturated rings. The average molecular weight is 390 g/mol. The van der Waals surface area contributed by atoms with E-state index in [0.29, 0.717) is 11.4 Å². The number of thioether (sulfide) groups is 1. The second-order valence-corrected chi connectivity index (χ2v) is 8.32. The Kier molecular flexibility index (Phi) is 5.18. The van der Waals surface area contributed by atoms with Crippen molar-refractivity contribution in [1.82, 2.24) is 19.6 Å². The molecule has 0 amide bonds. The van der Waals surface area contributed by atoms with Crippen LogP contribution in [-0.4, -0.2) is 38.8 Å². The maximum atomic E-state index is 12.3. The summed E-state index contributed by atoms with van der Waals surface area (Å²) in [4.78, 5) is 16.9. The van der Waals surface area contributed by atoms with Gasteiger partial charge in [0.2, 0.25) is 5.13 Å². The van der Waals surface area contributed by atoms with Crippen molar-refractivity contribution < 1.29 is 4.74 Å². The Hall–Kier alpha value is -1.97. The molecule has 1 saturated heterocycles. The zero-order valence-electron chi connectivity index (χ0n) is 14.3. The maximum Gasteiger partial charge on any atom is 0.258 e. The lowest BCUT2D eigenvalue weighted by atomic mass is 10.2. The number of hydrogen-bond donors (Lipinski definition) is 1. The van der Waals surface area contributed by atoms with Crippen molar-refractivity contribution >= 4 is 33.9 Å². The van der Waals surface area contributed by atoms with Gasteiger partial charge in [0.1, 0.15) is 5.65 Å². The van der Waals surface area contributed by atoms with Crippen LogP contribution in [0.3, 0.4) is 0 Å². The first-order valence-corrected chi connectivity index (χ1v) is 10.3. The average Bonchev–Trinajstić information content (AvgIpc) is 3.30. The first-order chi connectivity index (χ1) is 12.7. The molecule has 0 aliphatic carbocycles. The Morgan fingerprint density at radius 1 is 1.42 bits per heavy atom. The fraction of sp³-hybridized carbons (Fsp3) is 0.412. The predicted octanol–water partition coefficient (Wildman–Crippen LogP) is 2.74. The molecule has 1 aliphatic heterocycles. The highest BCUT2D eigenvalue weighted by atomic mass is 32.2. The minimum absolute atomic E-state index is 0.0557. The fourth-order valence-corrected chi connectivity index (χ4v) is 4.57. The van der Waals surface area contributed by atoms with E-state index in [1.807, 2.05) is 25.1 Å². The normalized spacial score (nSPS) is 17.0. The van der Waals surface area contributed by atoms with Gasteiger partial charge in [-0.15, -0.1) is 10.2 Å². The Morgan fingerprint density at radius 3 is 3.19 bits per heavy atom. The van der Waals surface area contributed by atoms with Crippen LogP contribution < -0.4 is 10.9 Å². The molecule has 1 N–H and O–H groups in total. The van der Waals surface area contributed by atoms with E-state index in [1.165, 1.54) is 23.1 Å². The molecule has 1 aliphatic rings. The number of nitrogens with zero attached hydrogens (tertiary/aromatic N) is 4. The van der Waals surface area contributed by atoms with Crippen LogP contribution in [0.25, 0.3) is 5.65 Å². The van der Waals surface area contributed by atoms with E-state index in [9.17, 15) is 4.79 Å². The lowest BCUT2D eigenvalue weighted by molar-refractivity contribution is 0.120. The Morgan fingerprint density at radius 2 is 2.35 bits per heavy atom. The predicted molar refractivity (Wildman–Crippen MR) is 103 cm³/mol. The number of nitrogens with one attached hydrogen (secondary N) is 1. The molecule has 4 rings (SSSR count). The van der Waals surface area contributed by atoms with Gasteiger partial charge in [-0.25, -0.2) is 4.98 Å². The molecule has 0 bridgehead atoms. The van der Waals surface area contributed by atoms with Crippen LogP contribution in [-0.2, 0) is 10.5 Å². The Bertz CT molecular complexity index is 965. The van der Waals surface area contributed by atoms with Crippen molar-refractivity contribution in [2.75, 3.05) is 18.5 Å². The van der Waals surface area contributed by atoms with Gasteiger partial charge in [-0.05, 0) is 31.9 Å². The third-order valence-electron chi connectivity index (χ3n) is 4.19. The van der Waals surface area contributed by atoms with Gasteiger partial charge in [0.05, 0.1) is 11.8 Å². The SMILES string of the molecule is Cc1cccc2nc(CSc3nnc(NC[C@@H]4CCCO4)s3)cc(=O)n12. The third-order valence-corrected chi connectivity index (χ3v) is 6.24. The van der Waals surface area contributed by atoms with Crippen molar-refractivity contribution in [3.05, 3.63) is 46.0 Å². The largest absolute Gasteiger partial charge is 0.376 e. The van der Waals surface area contributed by atoms with E-state index < -0.39 is 0 Å². The molecule has 1 atom stereocenters. The van der Waals surface area contributed by atoms with E-state index in [1.54, 1.807) is 10.5 Å². The molecule has 3 aromatic rings. The van der Waals surface area contributed by atoms with Gasteiger partial charge in [-0.1, -0.05) is 29.2 Å². The molecule has 7 nitrogen and oxygen atoms in total. The van der Waals surface area contributed by atoms with E-state index in [0.717, 1.165) is 46.9 Å². The Balaban J connectivity index is 1.39. The van der Waals surface area contributed by atoms with Gasteiger partial charge in [0, 0.05) is 30.7 Å². The third kappa shape index (κ3) is 3.89. The molecular formula is C17H19N5O2S2. The topological polar surface area (TPSA) is 81.4 Å². The fourth-order valence-electron chi connectivity index (χ4n) is 2.92. The molecule has 3 aromatic heterocycles. The van der Waals surface area contributed by atoms with Crippen LogP contribution in [0, 0.1) is 6.92 Å². The van der Waals surface area contributed by atoms with Crippen molar-refractivity contribution in [3.8, 4) is 0 Å². The summed E-state index contributed by atoms with van der Waals surface area (Å²) in [5.74, 6) is 0.583. The number of pyridine rings is 1. The summed E-state index contributed by atoms with van der Waals surface area (Å²) in [7, 11) is 0. The molecule has 0 aromatic carbocycles. The first-order valence-electron chi connectivity index (χ1n) is 8.49. The zero-order chi connectivity index (χ0) is 17.9. The summed E-state index contributed by atoms with van der Waals surface area (Å²) in [6.07, 6.45) is 2.49. The summed E-state index contributed by atoms with van der Waals surface area (Å²) in [5.41, 5.74) is 2.24. The van der Waals surface area contributed by atoms with Gasteiger partial charge < -0.3 is 10.1 Å². The van der Waals surface area contributed by atoms with Crippen LogP contribution in [0.15, 0.2) is 33.4 Å². The maximum absolute atomic E-state index is 12.3. The van der Waals surface area contributed by atoms with Crippen LogP contribution in [0.4, 0.5) is 5.13 Å². The number of fused-ring (bicyclic) bond motifs is 1. The van der Waals surface area contributed by atoms with Gasteiger partial charge in [0.15, 0.2) is 4.34 Å². The van der Waals surface area contributed by atoms with Gasteiger partial charge in [0.25, 0.3) is 5.56 Å². The summed E-state index contributed by atoms with van der Waals surface area (Å²) in [6.45, 7) is 3.51. The number of rotatable bonds is 6. The summed E-state index contributed by atoms with van der Waals surface area (Å²) in [6, 6.07) is 7.24. The van der Waals surface area contributed by atoms with Crippen molar-refractivity contribution in [3.63, 3.8) is 0 Å². The summed E-state index contributed by atoms with van der Waals surface area (Å²) >= 11 is 3.05. The minimum Gasteiger partial charge on any atom is -0.376 e. The van der Waals surface area contributed by atoms with Crippen molar-refractivity contribution in [1.29, 1.82) is 0 Å². The van der Waals surface area contributed by atoms with E-state index >= 15 is 0 Å². The number of ether oxygens (including phenoxy) is 1. The van der Waals surface area contributed by atoms with Gasteiger partial charge in [-0.3, -0.25) is 9.20 Å². The van der Waals surface area contributed by atoms with Crippen molar-refractivity contribution in [2.45, 2.75) is 36.0 Å². The summed E-state index contributed by atoms with van der Waals surface area (Å²) in [5, 5.41) is 12.4. The van der Waals surface area contributed by atoms with Gasteiger partial charge >= 0.3 is 0 Å². The molecule has 4 heterocycles. The second kappa shape index (κ2) is 7.73. The highest BCUT2D eigenvalue weighted by Gasteiger charge is 2.16. The molecule has 0 radical (unpaired) electrons. The number of aromatic nitrogens is 4. The lowest BCUT2D eigenvalue weighted by Crippen LogP contribution is -2.18. The molecule has 0 unspecified atom stereocenters. The molecule has 0 spiro atoms.